The summed E-state index contributed by atoms with van der Waals surface area (Å²) in [5.41, 5.74) is 0.854. The number of aliphatic carboxylic acids is 1. The van der Waals surface area contributed by atoms with Crippen LogP contribution in [0.25, 0.3) is 0 Å². The van der Waals surface area contributed by atoms with Gasteiger partial charge in [0, 0.05) is 6.92 Å². The number of carboxylic acids is 1. The molecule has 1 aliphatic rings. The summed E-state index contributed by atoms with van der Waals surface area (Å²) in [6.07, 6.45) is -4.55. The molecule has 1 saturated heterocycles. The molecular weight excluding hydrogens is 346 g/mol. The van der Waals surface area contributed by atoms with Crippen LogP contribution in [0, 0.1) is 0 Å². The molecule has 1 heterocycles. The Kier molecular flexibility index (Phi) is 7.49. The lowest BCUT2D eigenvalue weighted by atomic mass is 9.96. The van der Waals surface area contributed by atoms with Gasteiger partial charge < -0.3 is 34.8 Å². The van der Waals surface area contributed by atoms with Gasteiger partial charge in [-0.25, -0.2) is 4.79 Å². The molecule has 0 bridgehead atoms. The molecule has 5 atom stereocenters. The minimum Gasteiger partial charge on any atom is -0.480 e. The van der Waals surface area contributed by atoms with Crippen LogP contribution >= 0.6 is 0 Å². The summed E-state index contributed by atoms with van der Waals surface area (Å²) < 4.78 is 16.5. The molecule has 0 saturated carbocycles. The van der Waals surface area contributed by atoms with Gasteiger partial charge >= 0.3 is 5.97 Å². The van der Waals surface area contributed by atoms with Gasteiger partial charge in [-0.3, -0.25) is 4.79 Å². The number of aliphatic hydroxyl groups is 2. The number of nitrogens with one attached hydrogen (secondary N) is 1. The lowest BCUT2D eigenvalue weighted by Gasteiger charge is -2.43. The molecule has 4 N–H and O–H groups in total. The zero-order chi connectivity index (χ0) is 19.1. The highest BCUT2D eigenvalue weighted by molar-refractivity contribution is 5.73. The maximum absolute atomic E-state index is 11.5. The van der Waals surface area contributed by atoms with Gasteiger partial charge in [0.2, 0.25) is 5.91 Å². The largest absolute Gasteiger partial charge is 0.480 e. The Bertz CT molecular complexity index is 596. The number of carbonyl (C=O) groups is 2. The number of carbonyl (C=O) groups excluding carboxylic acids is 1. The molecule has 2 rings (SSSR count). The van der Waals surface area contributed by atoms with Crippen LogP contribution < -0.4 is 5.32 Å². The molecule has 144 valence electrons. The molecule has 9 heteroatoms. The van der Waals surface area contributed by atoms with Gasteiger partial charge in [-0.1, -0.05) is 30.3 Å². The Balaban J connectivity index is 2.17. The average molecular weight is 369 g/mol. The van der Waals surface area contributed by atoms with Crippen molar-refractivity contribution in [2.75, 3.05) is 13.2 Å². The Morgan fingerprint density at radius 1 is 1.23 bits per heavy atom. The maximum atomic E-state index is 11.5. The molecule has 0 aliphatic carbocycles. The lowest BCUT2D eigenvalue weighted by Crippen LogP contribution is -2.65. The van der Waals surface area contributed by atoms with Crippen molar-refractivity contribution in [3.63, 3.8) is 0 Å². The molecule has 1 fully saturated rings. The van der Waals surface area contributed by atoms with Crippen LogP contribution in [-0.2, 0) is 30.4 Å². The van der Waals surface area contributed by atoms with Crippen LogP contribution in [0.4, 0.5) is 0 Å². The Labute approximate surface area is 150 Å². The molecular formula is C17H23NO8. The van der Waals surface area contributed by atoms with Crippen molar-refractivity contribution >= 4 is 11.9 Å². The van der Waals surface area contributed by atoms with E-state index in [1.54, 1.807) is 0 Å². The highest BCUT2D eigenvalue weighted by Crippen LogP contribution is 2.25. The fourth-order valence-electron chi connectivity index (χ4n) is 2.72. The molecule has 0 spiro atoms. The average Bonchev–Trinajstić information content (AvgIpc) is 2.61. The topological polar surface area (TPSA) is 135 Å². The zero-order valence-electron chi connectivity index (χ0n) is 14.3. The van der Waals surface area contributed by atoms with Crippen molar-refractivity contribution in [2.45, 2.75) is 44.2 Å². The van der Waals surface area contributed by atoms with Gasteiger partial charge in [0.05, 0.1) is 13.2 Å². The van der Waals surface area contributed by atoms with E-state index >= 15 is 0 Å². The Hall–Kier alpha value is -2.04. The summed E-state index contributed by atoms with van der Waals surface area (Å²) >= 11 is 0. The summed E-state index contributed by atoms with van der Waals surface area (Å²) in [6.45, 7) is 0.224. The second-order valence-electron chi connectivity index (χ2n) is 5.91. The summed E-state index contributed by atoms with van der Waals surface area (Å²) in [4.78, 5) is 22.4. The van der Waals surface area contributed by atoms with Crippen LogP contribution in [-0.4, -0.2) is 71.1 Å². The van der Waals surface area contributed by atoms with Crippen molar-refractivity contribution in [3.05, 3.63) is 35.9 Å². The first-order valence-corrected chi connectivity index (χ1v) is 8.12. The van der Waals surface area contributed by atoms with Gasteiger partial charge in [0.1, 0.15) is 31.0 Å². The van der Waals surface area contributed by atoms with Gasteiger partial charge in [-0.2, -0.15) is 0 Å². The SMILES string of the molecule is CC(=O)N[C@@H]1[C@H](OCc2ccccc2)O[C@@H](CO)[C@@H](O)[C@H]1OCC(=O)O. The van der Waals surface area contributed by atoms with E-state index in [-0.39, 0.29) is 6.61 Å². The standard InChI is InChI=1S/C17H23NO8/c1-10(20)18-14-16(24-9-13(21)22)15(23)12(7-19)26-17(14)25-8-11-5-3-2-4-6-11/h2-6,12,14-17,19,23H,7-9H2,1H3,(H,18,20)(H,21,22)/t12-,14-,15+,16-,17+/m0/s1. The third kappa shape index (κ3) is 5.48. The van der Waals surface area contributed by atoms with E-state index in [1.165, 1.54) is 6.92 Å². The quantitative estimate of drug-likeness (QED) is 0.470. The van der Waals surface area contributed by atoms with Gasteiger partial charge in [0.25, 0.3) is 0 Å². The molecule has 1 aromatic rings. The van der Waals surface area contributed by atoms with E-state index in [0.717, 1.165) is 5.56 Å². The first-order chi connectivity index (χ1) is 12.4. The maximum Gasteiger partial charge on any atom is 0.329 e. The van der Waals surface area contributed by atoms with E-state index < -0.39 is 55.7 Å². The number of benzene rings is 1. The van der Waals surface area contributed by atoms with Gasteiger partial charge in [-0.05, 0) is 5.56 Å². The number of carboxylic acid groups (broad SMARTS) is 1. The number of hydrogen-bond donors (Lipinski definition) is 4. The van der Waals surface area contributed by atoms with Crippen LogP contribution in [0.15, 0.2) is 30.3 Å². The third-order valence-corrected chi connectivity index (χ3v) is 3.88. The van der Waals surface area contributed by atoms with Gasteiger partial charge in [-0.15, -0.1) is 0 Å². The van der Waals surface area contributed by atoms with E-state index in [1.807, 2.05) is 30.3 Å². The fourth-order valence-corrected chi connectivity index (χ4v) is 2.72. The molecule has 0 radical (unpaired) electrons. The first kappa shape index (κ1) is 20.3. The predicted octanol–water partition coefficient (Wildman–Crippen LogP) is -0.744. The summed E-state index contributed by atoms with van der Waals surface area (Å²) in [7, 11) is 0. The molecule has 0 unspecified atom stereocenters. The summed E-state index contributed by atoms with van der Waals surface area (Å²) in [5.74, 6) is -1.65. The van der Waals surface area contributed by atoms with Crippen LogP contribution in [0.1, 0.15) is 12.5 Å². The van der Waals surface area contributed by atoms with Crippen molar-refractivity contribution in [2.24, 2.45) is 0 Å². The van der Waals surface area contributed by atoms with Crippen LogP contribution in [0.2, 0.25) is 0 Å². The number of rotatable bonds is 8. The smallest absolute Gasteiger partial charge is 0.329 e. The van der Waals surface area contributed by atoms with E-state index in [9.17, 15) is 19.8 Å². The van der Waals surface area contributed by atoms with E-state index in [2.05, 4.69) is 5.32 Å². The number of aliphatic hydroxyl groups excluding tert-OH is 2. The van der Waals surface area contributed by atoms with E-state index in [0.29, 0.717) is 0 Å². The molecule has 1 aliphatic heterocycles. The first-order valence-electron chi connectivity index (χ1n) is 8.12. The molecule has 26 heavy (non-hydrogen) atoms. The Morgan fingerprint density at radius 3 is 2.50 bits per heavy atom. The fraction of sp³-hybridized carbons (Fsp3) is 0.529. The minimum absolute atomic E-state index is 0.154. The number of amides is 1. The van der Waals surface area contributed by atoms with Crippen molar-refractivity contribution < 1.29 is 39.1 Å². The van der Waals surface area contributed by atoms with E-state index in [4.69, 9.17) is 19.3 Å². The molecule has 0 aromatic heterocycles. The number of hydrogen-bond acceptors (Lipinski definition) is 7. The van der Waals surface area contributed by atoms with Crippen molar-refractivity contribution in [1.29, 1.82) is 0 Å². The monoisotopic (exact) mass is 369 g/mol. The predicted molar refractivity (Wildman–Crippen MR) is 88.0 cm³/mol. The summed E-state index contributed by atoms with van der Waals surface area (Å²) in [6, 6.07) is 8.26. The Morgan fingerprint density at radius 2 is 1.92 bits per heavy atom. The summed E-state index contributed by atoms with van der Waals surface area (Å²) in [5, 5.41) is 31.1. The van der Waals surface area contributed by atoms with Crippen LogP contribution in [0.3, 0.4) is 0 Å². The zero-order valence-corrected chi connectivity index (χ0v) is 14.3. The third-order valence-electron chi connectivity index (χ3n) is 3.88. The second-order valence-corrected chi connectivity index (χ2v) is 5.91. The minimum atomic E-state index is -1.34. The molecule has 1 aromatic carbocycles. The highest BCUT2D eigenvalue weighted by atomic mass is 16.7. The normalized spacial score (nSPS) is 28.5. The number of ether oxygens (including phenoxy) is 3. The van der Waals surface area contributed by atoms with Crippen LogP contribution in [0.5, 0.6) is 0 Å². The molecule has 1 amide bonds. The van der Waals surface area contributed by atoms with Crippen molar-refractivity contribution in [3.8, 4) is 0 Å². The molecule has 9 nitrogen and oxygen atoms in total. The lowest BCUT2D eigenvalue weighted by molar-refractivity contribution is -0.279. The second kappa shape index (κ2) is 9.60. The van der Waals surface area contributed by atoms with Crippen molar-refractivity contribution in [1.82, 2.24) is 5.32 Å². The van der Waals surface area contributed by atoms with Gasteiger partial charge in [0.15, 0.2) is 6.29 Å². The highest BCUT2D eigenvalue weighted by Gasteiger charge is 2.47.